The lowest BCUT2D eigenvalue weighted by molar-refractivity contribution is -0.141. The summed E-state index contributed by atoms with van der Waals surface area (Å²) in [5.74, 6) is 0.208. The molecule has 1 aliphatic heterocycles. The molecule has 168 valence electrons. The number of nitrogens with zero attached hydrogens (tertiary/aromatic N) is 3. The van der Waals surface area contributed by atoms with Gasteiger partial charge in [-0.1, -0.05) is 0 Å². The smallest absolute Gasteiger partial charge is 0.242 e. The van der Waals surface area contributed by atoms with Crippen molar-refractivity contribution in [1.29, 1.82) is 0 Å². The number of imidazole rings is 1. The number of rotatable bonds is 5. The van der Waals surface area contributed by atoms with E-state index in [0.29, 0.717) is 41.7 Å². The third-order valence-electron chi connectivity index (χ3n) is 5.74. The fraction of sp³-hybridized carbons (Fsp3) is 0.304. The number of aromatic nitrogens is 2. The lowest BCUT2D eigenvalue weighted by Crippen LogP contribution is -2.57. The van der Waals surface area contributed by atoms with Gasteiger partial charge in [0, 0.05) is 24.3 Å². The first-order valence-electron chi connectivity index (χ1n) is 10.3. The summed E-state index contributed by atoms with van der Waals surface area (Å²) < 4.78 is 28.9. The minimum absolute atomic E-state index is 0.347. The van der Waals surface area contributed by atoms with Crippen molar-refractivity contribution in [3.8, 4) is 11.3 Å². The van der Waals surface area contributed by atoms with Crippen molar-refractivity contribution < 1.29 is 18.7 Å². The van der Waals surface area contributed by atoms with Crippen LogP contribution in [0.4, 0.5) is 20.3 Å². The number of hydrogen-bond donors (Lipinski definition) is 3. The zero-order chi connectivity index (χ0) is 23.0. The summed E-state index contributed by atoms with van der Waals surface area (Å²) >= 11 is 0. The van der Waals surface area contributed by atoms with E-state index in [2.05, 4.69) is 5.32 Å². The van der Waals surface area contributed by atoms with Crippen molar-refractivity contribution in [2.45, 2.75) is 32.0 Å². The molecule has 1 aromatic heterocycles. The summed E-state index contributed by atoms with van der Waals surface area (Å²) in [6.45, 7) is 4.08. The standard InChI is InChI=1S/C23H25F2N5O2/c1-23(2)22-28-19(14-3-5-15(24)6-4-14)20(27-17-9-7-16(25)8-10-17)29(22)11-12-30(23)21(32)18(26)13-31/h3-10,18,27,31H,11-13,26H2,1-2H3/t18-/m0/s1. The summed E-state index contributed by atoms with van der Waals surface area (Å²) in [6.07, 6.45) is 0. The molecule has 0 saturated carbocycles. The second-order valence-electron chi connectivity index (χ2n) is 8.26. The molecule has 4 rings (SSSR count). The van der Waals surface area contributed by atoms with Crippen LogP contribution in [-0.4, -0.2) is 44.7 Å². The van der Waals surface area contributed by atoms with E-state index < -0.39 is 18.2 Å². The van der Waals surface area contributed by atoms with E-state index in [1.807, 2.05) is 18.4 Å². The molecule has 1 amide bonds. The van der Waals surface area contributed by atoms with Crippen molar-refractivity contribution in [3.63, 3.8) is 0 Å². The maximum atomic E-state index is 13.5. The third-order valence-corrected chi connectivity index (χ3v) is 5.74. The second kappa shape index (κ2) is 8.33. The van der Waals surface area contributed by atoms with Crippen LogP contribution in [0.25, 0.3) is 11.3 Å². The highest BCUT2D eigenvalue weighted by Crippen LogP contribution is 2.39. The fourth-order valence-electron chi connectivity index (χ4n) is 4.01. The van der Waals surface area contributed by atoms with Crippen LogP contribution in [-0.2, 0) is 16.9 Å². The van der Waals surface area contributed by atoms with E-state index in [9.17, 15) is 18.7 Å². The Labute approximate surface area is 184 Å². The number of carbonyl (C=O) groups is 1. The monoisotopic (exact) mass is 441 g/mol. The van der Waals surface area contributed by atoms with Gasteiger partial charge in [-0.15, -0.1) is 0 Å². The van der Waals surface area contributed by atoms with Crippen LogP contribution in [0.3, 0.4) is 0 Å². The van der Waals surface area contributed by atoms with Crippen molar-refractivity contribution >= 4 is 17.4 Å². The fourth-order valence-corrected chi connectivity index (χ4v) is 4.01. The zero-order valence-corrected chi connectivity index (χ0v) is 17.8. The Balaban J connectivity index is 1.83. The topological polar surface area (TPSA) is 96.4 Å². The number of nitrogens with one attached hydrogen (secondary N) is 1. The first-order chi connectivity index (χ1) is 15.2. The van der Waals surface area contributed by atoms with Crippen LogP contribution < -0.4 is 11.1 Å². The van der Waals surface area contributed by atoms with E-state index in [4.69, 9.17) is 10.7 Å². The Morgan fingerprint density at radius 2 is 1.72 bits per heavy atom. The van der Waals surface area contributed by atoms with Crippen molar-refractivity contribution in [2.75, 3.05) is 18.5 Å². The average Bonchev–Trinajstić information content (AvgIpc) is 3.14. The zero-order valence-electron chi connectivity index (χ0n) is 17.8. The number of aliphatic hydroxyl groups is 1. The largest absolute Gasteiger partial charge is 0.394 e. The summed E-state index contributed by atoms with van der Waals surface area (Å²) in [5, 5.41) is 12.7. The molecule has 3 aromatic rings. The van der Waals surface area contributed by atoms with Crippen molar-refractivity contribution in [3.05, 3.63) is 66.0 Å². The predicted molar refractivity (Wildman–Crippen MR) is 117 cm³/mol. The Bertz CT molecular complexity index is 1130. The molecule has 2 heterocycles. The highest BCUT2D eigenvalue weighted by atomic mass is 19.1. The molecule has 9 heteroatoms. The van der Waals surface area contributed by atoms with Gasteiger partial charge >= 0.3 is 0 Å². The number of fused-ring (bicyclic) bond motifs is 1. The molecule has 0 fully saturated rings. The van der Waals surface area contributed by atoms with Gasteiger partial charge in [-0.2, -0.15) is 0 Å². The Morgan fingerprint density at radius 3 is 2.31 bits per heavy atom. The number of benzene rings is 2. The Hall–Kier alpha value is -3.30. The molecule has 0 unspecified atom stereocenters. The van der Waals surface area contributed by atoms with Gasteiger partial charge in [-0.05, 0) is 62.4 Å². The molecule has 1 atom stereocenters. The lowest BCUT2D eigenvalue weighted by Gasteiger charge is -2.43. The van der Waals surface area contributed by atoms with Crippen LogP contribution in [0.2, 0.25) is 0 Å². The normalized spacial score (nSPS) is 15.9. The van der Waals surface area contributed by atoms with Crippen LogP contribution in [0.15, 0.2) is 48.5 Å². The number of amides is 1. The Kier molecular flexibility index (Phi) is 5.70. The van der Waals surface area contributed by atoms with E-state index in [-0.39, 0.29) is 17.5 Å². The Morgan fingerprint density at radius 1 is 1.12 bits per heavy atom. The molecule has 32 heavy (non-hydrogen) atoms. The number of aliphatic hydroxyl groups excluding tert-OH is 1. The molecule has 7 nitrogen and oxygen atoms in total. The number of nitrogens with two attached hydrogens (primary N) is 1. The van der Waals surface area contributed by atoms with Crippen LogP contribution >= 0.6 is 0 Å². The quantitative estimate of drug-likeness (QED) is 0.566. The second-order valence-corrected chi connectivity index (χ2v) is 8.26. The van der Waals surface area contributed by atoms with E-state index >= 15 is 0 Å². The molecular weight excluding hydrogens is 416 g/mol. The molecule has 0 saturated heterocycles. The summed E-state index contributed by atoms with van der Waals surface area (Å²) in [7, 11) is 0. The summed E-state index contributed by atoms with van der Waals surface area (Å²) in [4.78, 5) is 19.2. The molecule has 1 aliphatic rings. The van der Waals surface area contributed by atoms with Gasteiger partial charge in [0.2, 0.25) is 5.91 Å². The van der Waals surface area contributed by atoms with E-state index in [1.165, 1.54) is 24.3 Å². The van der Waals surface area contributed by atoms with Gasteiger partial charge in [-0.25, -0.2) is 13.8 Å². The van der Waals surface area contributed by atoms with Crippen molar-refractivity contribution in [2.24, 2.45) is 5.73 Å². The van der Waals surface area contributed by atoms with Crippen LogP contribution in [0, 0.1) is 11.6 Å². The first-order valence-corrected chi connectivity index (χ1v) is 10.3. The minimum atomic E-state index is -1.01. The van der Waals surface area contributed by atoms with E-state index in [0.717, 1.165) is 0 Å². The summed E-state index contributed by atoms with van der Waals surface area (Å²) in [6, 6.07) is 10.9. The van der Waals surface area contributed by atoms with Gasteiger partial charge in [-0.3, -0.25) is 4.79 Å². The highest BCUT2D eigenvalue weighted by Gasteiger charge is 2.42. The third kappa shape index (κ3) is 3.85. The maximum absolute atomic E-state index is 13.5. The SMILES string of the molecule is CC1(C)c2nc(-c3ccc(F)cc3)c(Nc3ccc(F)cc3)n2CCN1C(=O)[C@@H](N)CO. The molecule has 0 aliphatic carbocycles. The number of anilines is 2. The van der Waals surface area contributed by atoms with Gasteiger partial charge in [0.1, 0.15) is 35.0 Å². The molecule has 0 spiro atoms. The lowest BCUT2D eigenvalue weighted by atomic mass is 9.98. The minimum Gasteiger partial charge on any atom is -0.394 e. The van der Waals surface area contributed by atoms with Gasteiger partial charge in [0.15, 0.2) is 0 Å². The maximum Gasteiger partial charge on any atom is 0.242 e. The molecular formula is C23H25F2N5O2. The average molecular weight is 441 g/mol. The van der Waals surface area contributed by atoms with Gasteiger partial charge in [0.25, 0.3) is 0 Å². The summed E-state index contributed by atoms with van der Waals surface area (Å²) in [5.41, 5.74) is 6.91. The number of carbonyl (C=O) groups excluding carboxylic acids is 1. The number of halogens is 2. The van der Waals surface area contributed by atoms with E-state index in [1.54, 1.807) is 29.2 Å². The number of hydrogen-bond acceptors (Lipinski definition) is 5. The molecule has 0 radical (unpaired) electrons. The predicted octanol–water partition coefficient (Wildman–Crippen LogP) is 2.97. The van der Waals surface area contributed by atoms with Crippen LogP contribution in [0.1, 0.15) is 19.7 Å². The van der Waals surface area contributed by atoms with Crippen molar-refractivity contribution in [1.82, 2.24) is 14.5 Å². The first kappa shape index (κ1) is 21.9. The molecule has 4 N–H and O–H groups in total. The molecule has 2 aromatic carbocycles. The highest BCUT2D eigenvalue weighted by molar-refractivity contribution is 5.83. The molecule has 0 bridgehead atoms. The van der Waals surface area contributed by atoms with Crippen LogP contribution in [0.5, 0.6) is 0 Å². The van der Waals surface area contributed by atoms with Gasteiger partial charge < -0.3 is 25.6 Å². The van der Waals surface area contributed by atoms with Gasteiger partial charge in [0.05, 0.1) is 12.1 Å².